The molecule has 0 saturated heterocycles. The molecule has 21 heavy (non-hydrogen) atoms. The Bertz CT molecular complexity index is 682. The summed E-state index contributed by atoms with van der Waals surface area (Å²) >= 11 is 3.32. The first-order valence-electron chi connectivity index (χ1n) is 6.67. The van der Waals surface area contributed by atoms with E-state index in [1.165, 1.54) is 0 Å². The van der Waals surface area contributed by atoms with Gasteiger partial charge in [-0.25, -0.2) is 0 Å². The van der Waals surface area contributed by atoms with Crippen molar-refractivity contribution < 1.29 is 9.90 Å². The number of carbonyl (C=O) groups is 1. The number of aliphatic hydroxyl groups excluding tert-OH is 1. The van der Waals surface area contributed by atoms with Crippen LogP contribution in [0.4, 0.5) is 5.69 Å². The molecule has 0 radical (unpaired) electrons. The van der Waals surface area contributed by atoms with Crippen LogP contribution >= 0.6 is 15.9 Å². The number of nitrogen functional groups attached to an aromatic ring is 1. The fraction of sp³-hybridized carbons (Fsp3) is 0.188. The van der Waals surface area contributed by atoms with E-state index in [0.717, 1.165) is 15.6 Å². The summed E-state index contributed by atoms with van der Waals surface area (Å²) in [5.41, 5.74) is 8.78. The van der Waals surface area contributed by atoms with E-state index in [2.05, 4.69) is 21.2 Å². The van der Waals surface area contributed by atoms with E-state index in [0.29, 0.717) is 17.7 Å². The van der Waals surface area contributed by atoms with Crippen molar-refractivity contribution in [1.29, 1.82) is 0 Å². The van der Waals surface area contributed by atoms with E-state index >= 15 is 0 Å². The molecule has 2 aromatic carbocycles. The maximum atomic E-state index is 12.4. The molecule has 1 amide bonds. The monoisotopic (exact) mass is 346 g/mol. The Morgan fingerprint density at radius 1 is 1.29 bits per heavy atom. The number of hydrogen-bond donors (Lipinski definition) is 3. The fourth-order valence-electron chi connectivity index (χ4n) is 2.72. The highest BCUT2D eigenvalue weighted by Crippen LogP contribution is 2.31. The molecule has 2 atom stereocenters. The summed E-state index contributed by atoms with van der Waals surface area (Å²) in [6.45, 7) is 0. The number of benzene rings is 2. The first-order valence-corrected chi connectivity index (χ1v) is 7.46. The number of rotatable bonds is 2. The van der Waals surface area contributed by atoms with Crippen molar-refractivity contribution in [3.63, 3.8) is 0 Å². The number of carbonyl (C=O) groups excluding carboxylic acids is 1. The van der Waals surface area contributed by atoms with Gasteiger partial charge in [0.1, 0.15) is 0 Å². The Balaban J connectivity index is 1.85. The SMILES string of the molecule is Nc1cc(Br)cc(C(=O)N[C@H]2c3ccccc3C[C@H]2O)c1. The zero-order valence-corrected chi connectivity index (χ0v) is 12.8. The molecule has 1 aliphatic rings. The van der Waals surface area contributed by atoms with Crippen LogP contribution in [0.5, 0.6) is 0 Å². The van der Waals surface area contributed by atoms with E-state index in [1.807, 2.05) is 24.3 Å². The van der Waals surface area contributed by atoms with Crippen LogP contribution in [-0.2, 0) is 6.42 Å². The average Bonchev–Trinajstić information content (AvgIpc) is 2.74. The lowest BCUT2D eigenvalue weighted by Gasteiger charge is -2.18. The Hall–Kier alpha value is -1.85. The summed E-state index contributed by atoms with van der Waals surface area (Å²) in [5.74, 6) is -0.247. The molecule has 108 valence electrons. The van der Waals surface area contributed by atoms with Crippen molar-refractivity contribution in [1.82, 2.24) is 5.32 Å². The van der Waals surface area contributed by atoms with E-state index in [1.54, 1.807) is 18.2 Å². The molecule has 0 heterocycles. The van der Waals surface area contributed by atoms with Crippen molar-refractivity contribution in [2.24, 2.45) is 0 Å². The molecule has 0 aromatic heterocycles. The highest BCUT2D eigenvalue weighted by atomic mass is 79.9. The maximum Gasteiger partial charge on any atom is 0.251 e. The van der Waals surface area contributed by atoms with Crippen molar-refractivity contribution in [3.05, 3.63) is 63.6 Å². The Kier molecular flexibility index (Phi) is 3.69. The van der Waals surface area contributed by atoms with Gasteiger partial charge >= 0.3 is 0 Å². The third-order valence-electron chi connectivity index (χ3n) is 3.67. The smallest absolute Gasteiger partial charge is 0.251 e. The van der Waals surface area contributed by atoms with Gasteiger partial charge in [-0.2, -0.15) is 0 Å². The van der Waals surface area contributed by atoms with Gasteiger partial charge < -0.3 is 16.2 Å². The first-order chi connectivity index (χ1) is 10.0. The minimum Gasteiger partial charge on any atom is -0.399 e. The summed E-state index contributed by atoms with van der Waals surface area (Å²) in [4.78, 5) is 12.4. The van der Waals surface area contributed by atoms with Crippen LogP contribution in [0.3, 0.4) is 0 Å². The molecule has 2 aromatic rings. The molecule has 0 saturated carbocycles. The van der Waals surface area contributed by atoms with Crippen molar-refractivity contribution in [3.8, 4) is 0 Å². The van der Waals surface area contributed by atoms with Crippen LogP contribution in [0.1, 0.15) is 27.5 Å². The molecule has 1 aliphatic carbocycles. The standard InChI is InChI=1S/C16H15BrN2O2/c17-11-5-10(6-12(18)8-11)16(21)19-15-13-4-2-1-3-9(13)7-14(15)20/h1-6,8,14-15,20H,7,18H2,(H,19,21)/t14-,15+/m1/s1. The third kappa shape index (κ3) is 2.80. The minimum absolute atomic E-state index is 0.247. The van der Waals surface area contributed by atoms with Crippen molar-refractivity contribution >= 4 is 27.5 Å². The van der Waals surface area contributed by atoms with Gasteiger partial charge in [0.2, 0.25) is 0 Å². The summed E-state index contributed by atoms with van der Waals surface area (Å²) < 4.78 is 0.750. The van der Waals surface area contributed by atoms with E-state index < -0.39 is 6.10 Å². The van der Waals surface area contributed by atoms with Crippen LogP contribution in [-0.4, -0.2) is 17.1 Å². The van der Waals surface area contributed by atoms with Crippen molar-refractivity contribution in [2.45, 2.75) is 18.6 Å². The number of aliphatic hydroxyl groups is 1. The van der Waals surface area contributed by atoms with Crippen LogP contribution in [0.15, 0.2) is 46.9 Å². The third-order valence-corrected chi connectivity index (χ3v) is 4.13. The van der Waals surface area contributed by atoms with Crippen LogP contribution in [0.25, 0.3) is 0 Å². The van der Waals surface area contributed by atoms with Gasteiger partial charge in [-0.1, -0.05) is 40.2 Å². The number of nitrogens with two attached hydrogens (primary N) is 1. The largest absolute Gasteiger partial charge is 0.399 e. The zero-order valence-electron chi connectivity index (χ0n) is 11.2. The van der Waals surface area contributed by atoms with E-state index in [9.17, 15) is 9.90 Å². The molecule has 0 aliphatic heterocycles. The van der Waals surface area contributed by atoms with E-state index in [4.69, 9.17) is 5.73 Å². The molecule has 5 heteroatoms. The number of hydrogen-bond acceptors (Lipinski definition) is 3. The molecule has 0 unspecified atom stereocenters. The van der Waals surface area contributed by atoms with Crippen LogP contribution < -0.4 is 11.1 Å². The number of fused-ring (bicyclic) bond motifs is 1. The summed E-state index contributed by atoms with van der Waals surface area (Å²) in [5, 5.41) is 13.1. The Morgan fingerprint density at radius 2 is 2.05 bits per heavy atom. The number of nitrogens with one attached hydrogen (secondary N) is 1. The predicted molar refractivity (Wildman–Crippen MR) is 84.9 cm³/mol. The van der Waals surface area contributed by atoms with Gasteiger partial charge in [0.15, 0.2) is 0 Å². The second-order valence-electron chi connectivity index (χ2n) is 5.19. The van der Waals surface area contributed by atoms with Crippen LogP contribution in [0, 0.1) is 0 Å². The van der Waals surface area contributed by atoms with Gasteiger partial charge in [0.05, 0.1) is 12.1 Å². The Morgan fingerprint density at radius 3 is 2.81 bits per heavy atom. The number of amides is 1. The summed E-state index contributed by atoms with van der Waals surface area (Å²) in [6, 6.07) is 12.4. The summed E-state index contributed by atoms with van der Waals surface area (Å²) in [7, 11) is 0. The lowest BCUT2D eigenvalue weighted by atomic mass is 10.1. The molecule has 0 spiro atoms. The topological polar surface area (TPSA) is 75.4 Å². The Labute approximate surface area is 131 Å². The quantitative estimate of drug-likeness (QED) is 0.731. The van der Waals surface area contributed by atoms with E-state index in [-0.39, 0.29) is 11.9 Å². The molecule has 0 fully saturated rings. The molecule has 4 N–H and O–H groups in total. The minimum atomic E-state index is -0.601. The predicted octanol–water partition coefficient (Wildman–Crippen LogP) is 2.42. The van der Waals surface area contributed by atoms with Crippen molar-refractivity contribution in [2.75, 3.05) is 5.73 Å². The van der Waals surface area contributed by atoms with Gasteiger partial charge in [-0.05, 0) is 29.3 Å². The molecule has 4 nitrogen and oxygen atoms in total. The lowest BCUT2D eigenvalue weighted by Crippen LogP contribution is -2.33. The van der Waals surface area contributed by atoms with Gasteiger partial charge in [0, 0.05) is 22.1 Å². The number of anilines is 1. The summed E-state index contributed by atoms with van der Waals surface area (Å²) in [6.07, 6.45) is -0.0438. The normalized spacial score (nSPS) is 20.1. The highest BCUT2D eigenvalue weighted by Gasteiger charge is 2.32. The number of halogens is 1. The second-order valence-corrected chi connectivity index (χ2v) is 6.11. The zero-order chi connectivity index (χ0) is 15.0. The highest BCUT2D eigenvalue weighted by molar-refractivity contribution is 9.10. The van der Waals surface area contributed by atoms with Gasteiger partial charge in [-0.3, -0.25) is 4.79 Å². The molecular weight excluding hydrogens is 332 g/mol. The average molecular weight is 347 g/mol. The van der Waals surface area contributed by atoms with Gasteiger partial charge in [0.25, 0.3) is 5.91 Å². The second kappa shape index (κ2) is 5.50. The molecular formula is C16H15BrN2O2. The fourth-order valence-corrected chi connectivity index (χ4v) is 3.23. The van der Waals surface area contributed by atoms with Crippen LogP contribution in [0.2, 0.25) is 0 Å². The first kappa shape index (κ1) is 14.1. The lowest BCUT2D eigenvalue weighted by molar-refractivity contribution is 0.0858. The maximum absolute atomic E-state index is 12.4. The molecule has 0 bridgehead atoms. The molecule has 3 rings (SSSR count). The van der Waals surface area contributed by atoms with Gasteiger partial charge in [-0.15, -0.1) is 0 Å².